The lowest BCUT2D eigenvalue weighted by atomic mass is 10.5. The van der Waals surface area contributed by atoms with Gasteiger partial charge in [0.1, 0.15) is 6.61 Å². The molecule has 1 amide bonds. The van der Waals surface area contributed by atoms with E-state index in [0.29, 0.717) is 0 Å². The molecule has 0 saturated carbocycles. The number of carboxylic acid groups (broad SMARTS) is 2. The monoisotopic (exact) mass is 236 g/mol. The SMILES string of the molecule is NC(=O)[CH]CSC(OCC(=O)O)C(=O)O. The van der Waals surface area contributed by atoms with Crippen molar-refractivity contribution in [1.29, 1.82) is 0 Å². The molecule has 7 nitrogen and oxygen atoms in total. The van der Waals surface area contributed by atoms with Crippen molar-refractivity contribution >= 4 is 29.6 Å². The minimum absolute atomic E-state index is 0.0475. The van der Waals surface area contributed by atoms with Gasteiger partial charge in [-0.2, -0.15) is 0 Å². The molecule has 85 valence electrons. The van der Waals surface area contributed by atoms with Gasteiger partial charge in [-0.25, -0.2) is 9.59 Å². The Morgan fingerprint density at radius 1 is 1.40 bits per heavy atom. The summed E-state index contributed by atoms with van der Waals surface area (Å²) in [6.45, 7) is -0.708. The van der Waals surface area contributed by atoms with Gasteiger partial charge in [0.15, 0.2) is 0 Å². The van der Waals surface area contributed by atoms with E-state index in [-0.39, 0.29) is 5.75 Å². The van der Waals surface area contributed by atoms with Gasteiger partial charge in [0, 0.05) is 5.75 Å². The quantitative estimate of drug-likeness (QED) is 0.457. The Balaban J connectivity index is 3.88. The molecule has 0 spiro atoms. The van der Waals surface area contributed by atoms with Crippen molar-refractivity contribution in [3.8, 4) is 0 Å². The van der Waals surface area contributed by atoms with Gasteiger partial charge in [-0.3, -0.25) is 4.79 Å². The van der Waals surface area contributed by atoms with Crippen molar-refractivity contribution in [2.24, 2.45) is 5.73 Å². The Morgan fingerprint density at radius 2 is 2.00 bits per heavy atom. The first-order valence-corrected chi connectivity index (χ1v) is 4.78. The third-order valence-corrected chi connectivity index (χ3v) is 2.09. The van der Waals surface area contributed by atoms with Gasteiger partial charge in [-0.1, -0.05) is 0 Å². The molecule has 0 saturated heterocycles. The van der Waals surface area contributed by atoms with Crippen LogP contribution in [-0.4, -0.2) is 45.9 Å². The normalized spacial score (nSPS) is 12.0. The van der Waals surface area contributed by atoms with E-state index >= 15 is 0 Å². The standard InChI is InChI=1S/C7H10NO6S/c8-4(9)1-2-15-7(6(12)13)14-3-5(10)11/h1,7H,2-3H2,(H2,8,9)(H,10,11)(H,12,13). The van der Waals surface area contributed by atoms with Gasteiger partial charge < -0.3 is 20.7 Å². The molecule has 0 rings (SSSR count). The van der Waals surface area contributed by atoms with E-state index in [0.717, 1.165) is 18.2 Å². The zero-order valence-corrected chi connectivity index (χ0v) is 8.40. The van der Waals surface area contributed by atoms with Crippen LogP contribution in [0.25, 0.3) is 0 Å². The molecule has 0 aliphatic carbocycles. The van der Waals surface area contributed by atoms with E-state index in [1.807, 2.05) is 0 Å². The van der Waals surface area contributed by atoms with Gasteiger partial charge in [0.05, 0.1) is 6.42 Å². The van der Waals surface area contributed by atoms with Crippen LogP contribution in [0, 0.1) is 6.42 Å². The summed E-state index contributed by atoms with van der Waals surface area (Å²) in [7, 11) is 0. The van der Waals surface area contributed by atoms with E-state index in [1.54, 1.807) is 0 Å². The largest absolute Gasteiger partial charge is 0.480 e. The molecule has 1 radical (unpaired) electrons. The van der Waals surface area contributed by atoms with Crippen LogP contribution >= 0.6 is 11.8 Å². The van der Waals surface area contributed by atoms with Crippen molar-refractivity contribution < 1.29 is 29.3 Å². The van der Waals surface area contributed by atoms with Crippen molar-refractivity contribution in [1.82, 2.24) is 0 Å². The molecule has 4 N–H and O–H groups in total. The number of hydrogen-bond donors (Lipinski definition) is 3. The first kappa shape index (κ1) is 13.7. The number of primary amides is 1. The average molecular weight is 236 g/mol. The molecule has 0 aliphatic heterocycles. The summed E-state index contributed by atoms with van der Waals surface area (Å²) in [4.78, 5) is 30.9. The molecule has 0 aromatic heterocycles. The fourth-order valence-electron chi connectivity index (χ4n) is 0.555. The lowest BCUT2D eigenvalue weighted by molar-refractivity contribution is -0.150. The highest BCUT2D eigenvalue weighted by molar-refractivity contribution is 8.00. The Morgan fingerprint density at radius 3 is 2.40 bits per heavy atom. The van der Waals surface area contributed by atoms with Crippen molar-refractivity contribution in [3.05, 3.63) is 6.42 Å². The number of carbonyl (C=O) groups excluding carboxylic acids is 1. The van der Waals surface area contributed by atoms with E-state index < -0.39 is 29.9 Å². The van der Waals surface area contributed by atoms with Gasteiger partial charge in [-0.05, 0) is 0 Å². The maximum atomic E-state index is 10.5. The molecule has 0 aliphatic rings. The van der Waals surface area contributed by atoms with Crippen LogP contribution < -0.4 is 5.73 Å². The molecule has 0 fully saturated rings. The number of carboxylic acids is 2. The van der Waals surface area contributed by atoms with E-state index in [1.165, 1.54) is 0 Å². The fourth-order valence-corrected chi connectivity index (χ4v) is 1.30. The number of rotatable bonds is 8. The molecule has 0 aromatic rings. The third kappa shape index (κ3) is 7.77. The molecular formula is C7H10NO6S. The van der Waals surface area contributed by atoms with Gasteiger partial charge >= 0.3 is 11.9 Å². The highest BCUT2D eigenvalue weighted by Gasteiger charge is 2.19. The number of aliphatic carboxylic acids is 2. The zero-order valence-electron chi connectivity index (χ0n) is 7.58. The highest BCUT2D eigenvalue weighted by atomic mass is 32.2. The molecule has 0 aromatic carbocycles. The second-order valence-electron chi connectivity index (χ2n) is 2.31. The Bertz CT molecular complexity index is 256. The van der Waals surface area contributed by atoms with E-state index in [2.05, 4.69) is 4.74 Å². The molecule has 0 bridgehead atoms. The second-order valence-corrected chi connectivity index (χ2v) is 3.41. The number of hydrogen-bond acceptors (Lipinski definition) is 5. The number of nitrogens with two attached hydrogens (primary N) is 1. The summed E-state index contributed by atoms with van der Waals surface area (Å²) in [5.41, 5.74) is 3.46. The first-order valence-electron chi connectivity index (χ1n) is 3.74. The third-order valence-electron chi connectivity index (χ3n) is 1.09. The first-order chi connectivity index (χ1) is 6.93. The minimum atomic E-state index is -1.32. The lowest BCUT2D eigenvalue weighted by Crippen LogP contribution is -2.24. The maximum absolute atomic E-state index is 10.5. The van der Waals surface area contributed by atoms with Crippen molar-refractivity contribution in [2.75, 3.05) is 12.4 Å². The second kappa shape index (κ2) is 7.07. The number of ether oxygens (including phenoxy) is 1. The molecule has 1 atom stereocenters. The van der Waals surface area contributed by atoms with Crippen LogP contribution in [0.2, 0.25) is 0 Å². The molecule has 15 heavy (non-hydrogen) atoms. The summed E-state index contributed by atoms with van der Waals surface area (Å²) < 4.78 is 4.54. The predicted molar refractivity (Wildman–Crippen MR) is 51.0 cm³/mol. The molecule has 0 heterocycles. The Kier molecular flexibility index (Phi) is 6.47. The van der Waals surface area contributed by atoms with Crippen LogP contribution in [0.4, 0.5) is 0 Å². The van der Waals surface area contributed by atoms with Crippen LogP contribution in [0.1, 0.15) is 0 Å². The summed E-state index contributed by atoms with van der Waals surface area (Å²) in [5.74, 6) is -3.20. The number of carbonyl (C=O) groups is 3. The Labute approximate surface area is 89.6 Å². The number of amides is 1. The van der Waals surface area contributed by atoms with Gasteiger partial charge in [0.2, 0.25) is 11.3 Å². The summed E-state index contributed by atoms with van der Waals surface area (Å²) in [6, 6.07) is 0. The average Bonchev–Trinajstić information content (AvgIpc) is 2.09. The lowest BCUT2D eigenvalue weighted by Gasteiger charge is -2.10. The van der Waals surface area contributed by atoms with Crippen LogP contribution in [-0.2, 0) is 19.1 Å². The topological polar surface area (TPSA) is 127 Å². The van der Waals surface area contributed by atoms with Gasteiger partial charge in [-0.15, -0.1) is 11.8 Å². The maximum Gasteiger partial charge on any atom is 0.343 e. The van der Waals surface area contributed by atoms with Gasteiger partial charge in [0.25, 0.3) is 0 Å². The zero-order chi connectivity index (χ0) is 11.8. The minimum Gasteiger partial charge on any atom is -0.480 e. The summed E-state index contributed by atoms with van der Waals surface area (Å²) in [6.07, 6.45) is 1.07. The van der Waals surface area contributed by atoms with E-state index in [9.17, 15) is 14.4 Å². The summed E-state index contributed by atoms with van der Waals surface area (Å²) >= 11 is 0.758. The molecule has 1 unspecified atom stereocenters. The fraction of sp³-hybridized carbons (Fsp3) is 0.429. The van der Waals surface area contributed by atoms with Crippen molar-refractivity contribution in [2.45, 2.75) is 5.44 Å². The smallest absolute Gasteiger partial charge is 0.343 e. The van der Waals surface area contributed by atoms with Crippen LogP contribution in [0.15, 0.2) is 0 Å². The number of thioether (sulfide) groups is 1. The van der Waals surface area contributed by atoms with Crippen LogP contribution in [0.3, 0.4) is 0 Å². The Hall–Kier alpha value is -1.28. The van der Waals surface area contributed by atoms with Crippen LogP contribution in [0.5, 0.6) is 0 Å². The molecule has 8 heteroatoms. The van der Waals surface area contributed by atoms with E-state index in [4.69, 9.17) is 15.9 Å². The molecular weight excluding hydrogens is 226 g/mol. The predicted octanol–water partition coefficient (Wildman–Crippen LogP) is -1.08. The van der Waals surface area contributed by atoms with Crippen molar-refractivity contribution in [3.63, 3.8) is 0 Å². The summed E-state index contributed by atoms with van der Waals surface area (Å²) in [5, 5.41) is 16.8. The highest BCUT2D eigenvalue weighted by Crippen LogP contribution is 2.13.